The lowest BCUT2D eigenvalue weighted by molar-refractivity contribution is -0.769. The lowest BCUT2D eigenvalue weighted by Gasteiger charge is -2.17. The summed E-state index contributed by atoms with van der Waals surface area (Å²) in [5, 5.41) is 12.0. The minimum absolute atomic E-state index is 0.0205. The van der Waals surface area contributed by atoms with E-state index in [1.54, 1.807) is 0 Å². The molecule has 4 atom stereocenters. The zero-order valence-corrected chi connectivity index (χ0v) is 10.6. The van der Waals surface area contributed by atoms with E-state index in [4.69, 9.17) is 9.47 Å². The van der Waals surface area contributed by atoms with E-state index in [1.165, 1.54) is 6.92 Å². The fourth-order valence-corrected chi connectivity index (χ4v) is 2.20. The summed E-state index contributed by atoms with van der Waals surface area (Å²) in [7, 11) is 0. The molecule has 0 spiro atoms. The number of nitrogens with zero attached hydrogens (tertiary/aromatic N) is 1. The summed E-state index contributed by atoms with van der Waals surface area (Å²) in [5.74, 6) is -1.05. The van der Waals surface area contributed by atoms with Gasteiger partial charge in [-0.2, -0.15) is 0 Å². The van der Waals surface area contributed by atoms with Gasteiger partial charge in [-0.25, -0.2) is 0 Å². The fraction of sp³-hybridized carbons (Fsp3) is 0.800. The van der Waals surface area contributed by atoms with Crippen LogP contribution < -0.4 is 5.32 Å². The molecule has 112 valence electrons. The summed E-state index contributed by atoms with van der Waals surface area (Å²) in [6.45, 7) is 0.977. The Balaban J connectivity index is 1.83. The predicted octanol–water partition coefficient (Wildman–Crippen LogP) is -1.59. The van der Waals surface area contributed by atoms with E-state index in [-0.39, 0.29) is 13.2 Å². The summed E-state index contributed by atoms with van der Waals surface area (Å²) in [5.41, 5.74) is 0. The largest absolute Gasteiger partial charge is 0.456 e. The molecule has 2 heterocycles. The van der Waals surface area contributed by atoms with Crippen molar-refractivity contribution in [3.63, 3.8) is 0 Å². The highest BCUT2D eigenvalue weighted by Crippen LogP contribution is 2.28. The standard InChI is InChI=1S/C10H14N2O8/c1-5(13)17-4-8(14)11-6-2-18-10-7(20-12(15)16)3-19-9(6)10/h6-7,9-10H,2-4H2,1H3,(H,11,14)/t6-,7?,9-,10-/m1/s1. The first-order chi connectivity index (χ1) is 9.47. The monoisotopic (exact) mass is 290 g/mol. The fourth-order valence-electron chi connectivity index (χ4n) is 2.20. The number of hydrogen-bond donors (Lipinski definition) is 1. The molecule has 1 amide bonds. The molecule has 0 bridgehead atoms. The molecule has 2 rings (SSSR count). The van der Waals surface area contributed by atoms with Gasteiger partial charge in [-0.3, -0.25) is 9.59 Å². The van der Waals surface area contributed by atoms with Crippen LogP contribution in [0.2, 0.25) is 0 Å². The maximum Gasteiger partial charge on any atom is 0.303 e. The maximum atomic E-state index is 11.5. The van der Waals surface area contributed by atoms with E-state index < -0.39 is 47.9 Å². The first-order valence-electron chi connectivity index (χ1n) is 5.94. The topological polar surface area (TPSA) is 126 Å². The molecule has 2 fully saturated rings. The van der Waals surface area contributed by atoms with Crippen LogP contribution >= 0.6 is 0 Å². The van der Waals surface area contributed by atoms with E-state index >= 15 is 0 Å². The van der Waals surface area contributed by atoms with Crippen LogP contribution in [-0.4, -0.2) is 61.1 Å². The van der Waals surface area contributed by atoms with Gasteiger partial charge in [0.05, 0.1) is 19.3 Å². The number of fused-ring (bicyclic) bond motifs is 1. The number of nitrogens with one attached hydrogen (secondary N) is 1. The molecule has 1 unspecified atom stereocenters. The number of carbonyl (C=O) groups excluding carboxylic acids is 2. The number of hydrogen-bond acceptors (Lipinski definition) is 8. The molecule has 0 aromatic rings. The molecular formula is C10H14N2O8. The first-order valence-corrected chi connectivity index (χ1v) is 5.94. The molecule has 0 aromatic carbocycles. The van der Waals surface area contributed by atoms with Gasteiger partial charge in [0.25, 0.3) is 11.0 Å². The van der Waals surface area contributed by atoms with Crippen LogP contribution in [0, 0.1) is 10.1 Å². The third kappa shape index (κ3) is 3.33. The Morgan fingerprint density at radius 1 is 1.35 bits per heavy atom. The van der Waals surface area contributed by atoms with Gasteiger partial charge in [0.2, 0.25) is 0 Å². The van der Waals surface area contributed by atoms with Crippen molar-refractivity contribution in [1.29, 1.82) is 0 Å². The Bertz CT molecular complexity index is 414. The molecule has 20 heavy (non-hydrogen) atoms. The van der Waals surface area contributed by atoms with Gasteiger partial charge in [0.1, 0.15) is 12.2 Å². The summed E-state index contributed by atoms with van der Waals surface area (Å²) < 4.78 is 15.3. The van der Waals surface area contributed by atoms with Crippen LogP contribution in [0.5, 0.6) is 0 Å². The van der Waals surface area contributed by atoms with Crippen molar-refractivity contribution in [2.45, 2.75) is 31.3 Å². The SMILES string of the molecule is CC(=O)OCC(=O)N[C@@H]1CO[C@@H]2C(O[N+](=O)[O-])CO[C@@H]21. The van der Waals surface area contributed by atoms with E-state index in [9.17, 15) is 19.7 Å². The lowest BCUT2D eigenvalue weighted by atomic mass is 10.1. The molecule has 2 saturated heterocycles. The van der Waals surface area contributed by atoms with Crippen molar-refractivity contribution in [3.05, 3.63) is 10.1 Å². The summed E-state index contributed by atoms with van der Waals surface area (Å²) in [6.07, 6.45) is -1.91. The van der Waals surface area contributed by atoms with Crippen molar-refractivity contribution in [2.75, 3.05) is 19.8 Å². The first kappa shape index (κ1) is 14.5. The van der Waals surface area contributed by atoms with Crippen molar-refractivity contribution < 1.29 is 33.7 Å². The molecular weight excluding hydrogens is 276 g/mol. The molecule has 0 aromatic heterocycles. The lowest BCUT2D eigenvalue weighted by Crippen LogP contribution is -2.45. The van der Waals surface area contributed by atoms with E-state index in [0.717, 1.165) is 0 Å². The smallest absolute Gasteiger partial charge is 0.303 e. The maximum absolute atomic E-state index is 11.5. The zero-order chi connectivity index (χ0) is 14.7. The normalized spacial score (nSPS) is 31.4. The molecule has 2 aliphatic rings. The molecule has 2 aliphatic heterocycles. The van der Waals surface area contributed by atoms with Gasteiger partial charge in [-0.05, 0) is 0 Å². The number of ether oxygens (including phenoxy) is 3. The molecule has 0 radical (unpaired) electrons. The summed E-state index contributed by atoms with van der Waals surface area (Å²) >= 11 is 0. The second-order valence-corrected chi connectivity index (χ2v) is 4.42. The molecule has 0 aliphatic carbocycles. The van der Waals surface area contributed by atoms with Crippen LogP contribution in [0.4, 0.5) is 0 Å². The van der Waals surface area contributed by atoms with Gasteiger partial charge < -0.3 is 24.4 Å². The highest BCUT2D eigenvalue weighted by Gasteiger charge is 2.49. The number of rotatable bonds is 5. The van der Waals surface area contributed by atoms with Crippen molar-refractivity contribution in [3.8, 4) is 0 Å². The molecule has 1 N–H and O–H groups in total. The average Bonchev–Trinajstić information content (AvgIpc) is 2.91. The molecule has 0 saturated carbocycles. The Kier molecular flexibility index (Phi) is 4.35. The second kappa shape index (κ2) is 6.01. The zero-order valence-electron chi connectivity index (χ0n) is 10.6. The van der Waals surface area contributed by atoms with Gasteiger partial charge in [0, 0.05) is 6.92 Å². The minimum Gasteiger partial charge on any atom is -0.456 e. The van der Waals surface area contributed by atoms with Gasteiger partial charge in [-0.1, -0.05) is 0 Å². The number of amides is 1. The molecule has 10 nitrogen and oxygen atoms in total. The Morgan fingerprint density at radius 2 is 2.05 bits per heavy atom. The third-order valence-corrected chi connectivity index (χ3v) is 2.98. The Labute approximate surface area is 113 Å². The summed E-state index contributed by atoms with van der Waals surface area (Å²) in [6, 6.07) is -0.455. The number of esters is 1. The van der Waals surface area contributed by atoms with Crippen molar-refractivity contribution in [1.82, 2.24) is 5.32 Å². The predicted molar refractivity (Wildman–Crippen MR) is 59.9 cm³/mol. The summed E-state index contributed by atoms with van der Waals surface area (Å²) in [4.78, 5) is 36.8. The van der Waals surface area contributed by atoms with Crippen LogP contribution in [0.25, 0.3) is 0 Å². The third-order valence-electron chi connectivity index (χ3n) is 2.98. The van der Waals surface area contributed by atoms with Crippen LogP contribution in [0.1, 0.15) is 6.92 Å². The number of carbonyl (C=O) groups is 2. The molecule has 10 heteroatoms. The average molecular weight is 290 g/mol. The van der Waals surface area contributed by atoms with Crippen LogP contribution in [-0.2, 0) is 28.6 Å². The quantitative estimate of drug-likeness (QED) is 0.365. The van der Waals surface area contributed by atoms with Gasteiger partial charge >= 0.3 is 5.97 Å². The van der Waals surface area contributed by atoms with Gasteiger partial charge in [0.15, 0.2) is 12.7 Å². The van der Waals surface area contributed by atoms with Crippen molar-refractivity contribution in [2.24, 2.45) is 0 Å². The van der Waals surface area contributed by atoms with E-state index in [0.29, 0.717) is 0 Å². The van der Waals surface area contributed by atoms with E-state index in [2.05, 4.69) is 14.9 Å². The Morgan fingerprint density at radius 3 is 2.70 bits per heavy atom. The van der Waals surface area contributed by atoms with Crippen LogP contribution in [0.15, 0.2) is 0 Å². The highest BCUT2D eigenvalue weighted by atomic mass is 17.0. The Hall–Kier alpha value is -1.94. The van der Waals surface area contributed by atoms with Gasteiger partial charge in [-0.15, -0.1) is 10.1 Å². The van der Waals surface area contributed by atoms with Crippen LogP contribution in [0.3, 0.4) is 0 Å². The second-order valence-electron chi connectivity index (χ2n) is 4.42. The minimum atomic E-state index is -0.896. The van der Waals surface area contributed by atoms with Crippen molar-refractivity contribution >= 4 is 11.9 Å². The highest BCUT2D eigenvalue weighted by molar-refractivity contribution is 5.80. The van der Waals surface area contributed by atoms with E-state index in [1.807, 2.05) is 0 Å².